The fourth-order valence-electron chi connectivity index (χ4n) is 2.81. The second-order valence-electron chi connectivity index (χ2n) is 5.54. The molecule has 3 rings (SSSR count). The average Bonchev–Trinajstić information content (AvgIpc) is 2.55. The van der Waals surface area contributed by atoms with Crippen LogP contribution in [0.2, 0.25) is 0 Å². The minimum absolute atomic E-state index is 0.0293. The first-order chi connectivity index (χ1) is 10.5. The van der Waals surface area contributed by atoms with Gasteiger partial charge in [0.2, 0.25) is 10.0 Å². The summed E-state index contributed by atoms with van der Waals surface area (Å²) in [5.74, 6) is 0. The van der Waals surface area contributed by atoms with Crippen LogP contribution < -0.4 is 0 Å². The van der Waals surface area contributed by atoms with Crippen molar-refractivity contribution < 1.29 is 13.2 Å². The van der Waals surface area contributed by atoms with Gasteiger partial charge in [-0.1, -0.05) is 13.0 Å². The van der Waals surface area contributed by atoms with Crippen LogP contribution in [0, 0.1) is 6.92 Å². The quantitative estimate of drug-likeness (QED) is 0.871. The molecule has 1 aromatic carbocycles. The van der Waals surface area contributed by atoms with E-state index in [1.54, 1.807) is 18.3 Å². The Kier molecular flexibility index (Phi) is 4.16. The van der Waals surface area contributed by atoms with Crippen molar-refractivity contribution in [3.05, 3.63) is 36.0 Å². The number of nitrogens with zero attached hydrogens (tertiary/aromatic N) is 2. The average molecular weight is 320 g/mol. The molecule has 0 aliphatic carbocycles. The van der Waals surface area contributed by atoms with E-state index >= 15 is 0 Å². The molecule has 1 saturated heterocycles. The lowest BCUT2D eigenvalue weighted by Gasteiger charge is -2.31. The first kappa shape index (κ1) is 15.4. The van der Waals surface area contributed by atoms with E-state index in [-0.39, 0.29) is 6.10 Å². The summed E-state index contributed by atoms with van der Waals surface area (Å²) in [7, 11) is -3.54. The maximum atomic E-state index is 13.0. The molecule has 5 nitrogen and oxygen atoms in total. The van der Waals surface area contributed by atoms with E-state index in [4.69, 9.17) is 4.74 Å². The van der Waals surface area contributed by atoms with Crippen LogP contribution in [0.25, 0.3) is 10.9 Å². The topological polar surface area (TPSA) is 59.5 Å². The van der Waals surface area contributed by atoms with Crippen molar-refractivity contribution in [2.45, 2.75) is 31.3 Å². The van der Waals surface area contributed by atoms with Gasteiger partial charge in [0.25, 0.3) is 0 Å². The zero-order valence-electron chi connectivity index (χ0n) is 12.8. The molecule has 6 heteroatoms. The fraction of sp³-hybridized carbons (Fsp3) is 0.438. The number of morpholine rings is 1. The lowest BCUT2D eigenvalue weighted by atomic mass is 10.1. The predicted molar refractivity (Wildman–Crippen MR) is 85.3 cm³/mol. The standard InChI is InChI=1S/C16H20N2O3S/c1-3-13-11-18(9-10-21-13)22(19,20)15-7-6-12(2)16-14(15)5-4-8-17-16/h4-8,13H,3,9-11H2,1-2H3/t13-/m1/s1. The van der Waals surface area contributed by atoms with E-state index in [0.29, 0.717) is 30.0 Å². The Hall–Kier alpha value is -1.50. The van der Waals surface area contributed by atoms with Crippen LogP contribution in [0.4, 0.5) is 0 Å². The van der Waals surface area contributed by atoms with E-state index in [9.17, 15) is 8.42 Å². The van der Waals surface area contributed by atoms with Crippen molar-refractivity contribution in [1.82, 2.24) is 9.29 Å². The number of aromatic nitrogens is 1. The summed E-state index contributed by atoms with van der Waals surface area (Å²) in [5, 5.41) is 0.682. The van der Waals surface area contributed by atoms with Gasteiger partial charge in [0.05, 0.1) is 23.1 Å². The van der Waals surface area contributed by atoms with Crippen molar-refractivity contribution in [3.8, 4) is 0 Å². The van der Waals surface area contributed by atoms with Crippen LogP contribution in [0.15, 0.2) is 35.4 Å². The molecule has 0 spiro atoms. The van der Waals surface area contributed by atoms with Gasteiger partial charge < -0.3 is 4.74 Å². The van der Waals surface area contributed by atoms with Crippen LogP contribution in [0.5, 0.6) is 0 Å². The van der Waals surface area contributed by atoms with Crippen LogP contribution >= 0.6 is 0 Å². The Morgan fingerprint density at radius 2 is 2.18 bits per heavy atom. The minimum Gasteiger partial charge on any atom is -0.375 e. The van der Waals surface area contributed by atoms with Crippen LogP contribution in [-0.2, 0) is 14.8 Å². The van der Waals surface area contributed by atoms with E-state index in [2.05, 4.69) is 4.98 Å². The molecule has 0 N–H and O–H groups in total. The maximum Gasteiger partial charge on any atom is 0.243 e. The van der Waals surface area contributed by atoms with Crippen molar-refractivity contribution in [1.29, 1.82) is 0 Å². The van der Waals surface area contributed by atoms with Gasteiger partial charge in [-0.2, -0.15) is 4.31 Å². The number of fused-ring (bicyclic) bond motifs is 1. The lowest BCUT2D eigenvalue weighted by Crippen LogP contribution is -2.45. The molecule has 1 atom stereocenters. The number of benzene rings is 1. The van der Waals surface area contributed by atoms with Gasteiger partial charge in [0.15, 0.2) is 0 Å². The van der Waals surface area contributed by atoms with Gasteiger partial charge in [0.1, 0.15) is 0 Å². The molecular formula is C16H20N2O3S. The van der Waals surface area contributed by atoms with Crippen LogP contribution in [-0.4, -0.2) is 43.5 Å². The third-order valence-electron chi connectivity index (χ3n) is 4.11. The molecule has 0 amide bonds. The van der Waals surface area contributed by atoms with Crippen molar-refractivity contribution in [2.75, 3.05) is 19.7 Å². The highest BCUT2D eigenvalue weighted by Gasteiger charge is 2.31. The van der Waals surface area contributed by atoms with Gasteiger partial charge in [-0.25, -0.2) is 8.42 Å². The summed E-state index contributed by atoms with van der Waals surface area (Å²) in [6.07, 6.45) is 2.47. The SMILES string of the molecule is CC[C@@H]1CN(S(=O)(=O)c2ccc(C)c3ncccc23)CCO1. The molecule has 118 valence electrons. The number of hydrogen-bond acceptors (Lipinski definition) is 4. The Morgan fingerprint density at radius 3 is 2.95 bits per heavy atom. The largest absolute Gasteiger partial charge is 0.375 e. The second kappa shape index (κ2) is 5.95. The Bertz CT molecular complexity index is 789. The number of rotatable bonds is 3. The first-order valence-corrected chi connectivity index (χ1v) is 8.94. The first-order valence-electron chi connectivity index (χ1n) is 7.50. The zero-order valence-corrected chi connectivity index (χ0v) is 13.6. The van der Waals surface area contributed by atoms with E-state index in [0.717, 1.165) is 17.5 Å². The number of aryl methyl sites for hydroxylation is 1. The van der Waals surface area contributed by atoms with Gasteiger partial charge in [0, 0.05) is 24.7 Å². The molecule has 1 aromatic heterocycles. The summed E-state index contributed by atoms with van der Waals surface area (Å²) >= 11 is 0. The molecule has 0 saturated carbocycles. The lowest BCUT2D eigenvalue weighted by molar-refractivity contribution is -0.00275. The molecular weight excluding hydrogens is 300 g/mol. The minimum atomic E-state index is -3.54. The van der Waals surface area contributed by atoms with Crippen LogP contribution in [0.1, 0.15) is 18.9 Å². The normalized spacial score (nSPS) is 20.4. The predicted octanol–water partition coefficient (Wildman–Crippen LogP) is 2.34. The highest BCUT2D eigenvalue weighted by Crippen LogP contribution is 2.28. The molecule has 2 aromatic rings. The smallest absolute Gasteiger partial charge is 0.243 e. The van der Waals surface area contributed by atoms with Crippen LogP contribution in [0.3, 0.4) is 0 Å². The van der Waals surface area contributed by atoms with E-state index in [1.165, 1.54) is 4.31 Å². The Labute approximate surface area is 131 Å². The molecule has 22 heavy (non-hydrogen) atoms. The van der Waals surface area contributed by atoms with E-state index < -0.39 is 10.0 Å². The van der Waals surface area contributed by atoms with E-state index in [1.807, 2.05) is 26.0 Å². The molecule has 1 aliphatic rings. The van der Waals surface area contributed by atoms with Crippen molar-refractivity contribution in [3.63, 3.8) is 0 Å². The summed E-state index contributed by atoms with van der Waals surface area (Å²) in [4.78, 5) is 4.65. The Morgan fingerprint density at radius 1 is 1.36 bits per heavy atom. The summed E-state index contributed by atoms with van der Waals surface area (Å²) in [6, 6.07) is 7.10. The molecule has 0 unspecified atom stereocenters. The fourth-order valence-corrected chi connectivity index (χ4v) is 4.45. The van der Waals surface area contributed by atoms with Gasteiger partial charge in [-0.05, 0) is 37.1 Å². The summed E-state index contributed by atoms with van der Waals surface area (Å²) < 4.78 is 33.1. The molecule has 2 heterocycles. The maximum absolute atomic E-state index is 13.0. The third kappa shape index (κ3) is 2.62. The highest BCUT2D eigenvalue weighted by molar-refractivity contribution is 7.89. The molecule has 0 bridgehead atoms. The zero-order chi connectivity index (χ0) is 15.7. The number of ether oxygens (including phenoxy) is 1. The summed E-state index contributed by atoms with van der Waals surface area (Å²) in [6.45, 7) is 5.20. The third-order valence-corrected chi connectivity index (χ3v) is 6.03. The highest BCUT2D eigenvalue weighted by atomic mass is 32.2. The second-order valence-corrected chi connectivity index (χ2v) is 7.45. The van der Waals surface area contributed by atoms with Gasteiger partial charge in [-0.15, -0.1) is 0 Å². The molecule has 1 fully saturated rings. The summed E-state index contributed by atoms with van der Waals surface area (Å²) in [5.41, 5.74) is 1.71. The molecule has 0 radical (unpaired) electrons. The number of hydrogen-bond donors (Lipinski definition) is 0. The Balaban J connectivity index is 2.08. The number of pyridine rings is 1. The van der Waals surface area contributed by atoms with Gasteiger partial charge >= 0.3 is 0 Å². The monoisotopic (exact) mass is 320 g/mol. The number of sulfonamides is 1. The van der Waals surface area contributed by atoms with Gasteiger partial charge in [-0.3, -0.25) is 4.98 Å². The van der Waals surface area contributed by atoms with Crippen molar-refractivity contribution >= 4 is 20.9 Å². The van der Waals surface area contributed by atoms with Crippen molar-refractivity contribution in [2.24, 2.45) is 0 Å². The molecule has 1 aliphatic heterocycles.